The van der Waals surface area contributed by atoms with Crippen LogP contribution in [0.3, 0.4) is 0 Å². The van der Waals surface area contributed by atoms with Crippen LogP contribution in [0.15, 0.2) is 48.7 Å². The Morgan fingerprint density at radius 3 is 2.52 bits per heavy atom. The van der Waals surface area contributed by atoms with Gasteiger partial charge in [-0.15, -0.1) is 11.3 Å². The number of rotatable bonds is 7. The third-order valence-corrected chi connectivity index (χ3v) is 6.43. The fourth-order valence-electron chi connectivity index (χ4n) is 3.72. The molecule has 174 valence electrons. The van der Waals surface area contributed by atoms with E-state index in [-0.39, 0.29) is 23.3 Å². The van der Waals surface area contributed by atoms with Gasteiger partial charge >= 0.3 is 12.1 Å². The Bertz CT molecular complexity index is 1140. The molecule has 1 aliphatic heterocycles. The molecule has 1 N–H and O–H groups in total. The molecule has 0 saturated carbocycles. The molecule has 0 aliphatic carbocycles. The predicted molar refractivity (Wildman–Crippen MR) is 120 cm³/mol. The minimum atomic E-state index is -4.52. The van der Waals surface area contributed by atoms with Gasteiger partial charge in [-0.25, -0.2) is 4.98 Å². The predicted octanol–water partition coefficient (Wildman–Crippen LogP) is 5.80. The number of hydrogen-bond donors (Lipinski definition) is 1. The second-order valence-corrected chi connectivity index (χ2v) is 9.36. The molecule has 0 atom stereocenters. The number of carboxylic acid groups (broad SMARTS) is 1. The van der Waals surface area contributed by atoms with Crippen LogP contribution in [-0.2, 0) is 17.5 Å². The Hall–Kier alpha value is -2.91. The molecule has 1 saturated heterocycles. The Morgan fingerprint density at radius 2 is 1.91 bits per heavy atom. The first-order valence-corrected chi connectivity index (χ1v) is 11.3. The molecular weight excluding hydrogens is 453 g/mol. The second kappa shape index (κ2) is 9.15. The van der Waals surface area contributed by atoms with Crippen molar-refractivity contribution >= 4 is 17.3 Å². The number of ether oxygens (including phenoxy) is 1. The zero-order valence-corrected chi connectivity index (χ0v) is 18.9. The van der Waals surface area contributed by atoms with E-state index in [1.807, 2.05) is 24.3 Å². The first kappa shape index (κ1) is 23.3. The van der Waals surface area contributed by atoms with E-state index in [0.29, 0.717) is 29.5 Å². The van der Waals surface area contributed by atoms with Crippen molar-refractivity contribution < 1.29 is 27.8 Å². The number of benzene rings is 2. The molecule has 0 bridgehead atoms. The van der Waals surface area contributed by atoms with Gasteiger partial charge in [0.1, 0.15) is 10.8 Å². The zero-order chi connectivity index (χ0) is 23.8. The van der Waals surface area contributed by atoms with Crippen molar-refractivity contribution in [3.8, 4) is 26.8 Å². The van der Waals surface area contributed by atoms with Gasteiger partial charge in [0.2, 0.25) is 0 Å². The Morgan fingerprint density at radius 1 is 1.21 bits per heavy atom. The molecule has 4 rings (SSSR count). The number of carboxylic acids is 1. The minimum absolute atomic E-state index is 0.0738. The molecule has 0 radical (unpaired) electrons. The van der Waals surface area contributed by atoms with Crippen LogP contribution in [0.4, 0.5) is 13.2 Å². The van der Waals surface area contributed by atoms with Gasteiger partial charge in [0.05, 0.1) is 22.5 Å². The third kappa shape index (κ3) is 5.36. The largest absolute Gasteiger partial charge is 0.491 e. The van der Waals surface area contributed by atoms with Crippen LogP contribution < -0.4 is 4.74 Å². The van der Waals surface area contributed by atoms with E-state index in [9.17, 15) is 18.0 Å². The third-order valence-electron chi connectivity index (χ3n) is 5.35. The summed E-state index contributed by atoms with van der Waals surface area (Å²) in [6.45, 7) is 5.26. The van der Waals surface area contributed by atoms with Gasteiger partial charge in [0, 0.05) is 37.0 Å². The summed E-state index contributed by atoms with van der Waals surface area (Å²) in [5, 5.41) is 9.60. The Kier molecular flexibility index (Phi) is 6.45. The van der Waals surface area contributed by atoms with Crippen LogP contribution in [0.1, 0.15) is 25.0 Å². The highest BCUT2D eigenvalue weighted by atomic mass is 32.1. The maximum Gasteiger partial charge on any atom is 0.417 e. The van der Waals surface area contributed by atoms with E-state index in [1.165, 1.54) is 23.6 Å². The number of aliphatic carboxylic acids is 1. The van der Waals surface area contributed by atoms with Gasteiger partial charge in [0.25, 0.3) is 0 Å². The first-order chi connectivity index (χ1) is 15.6. The van der Waals surface area contributed by atoms with Gasteiger partial charge in [0.15, 0.2) is 0 Å². The van der Waals surface area contributed by atoms with Crippen LogP contribution in [0.2, 0.25) is 0 Å². The van der Waals surface area contributed by atoms with Crippen molar-refractivity contribution in [2.45, 2.75) is 32.7 Å². The Balaban J connectivity index is 1.51. The number of carbonyl (C=O) groups is 1. The molecular formula is C24H23F3N2O3S. The van der Waals surface area contributed by atoms with Crippen molar-refractivity contribution in [3.63, 3.8) is 0 Å². The second-order valence-electron chi connectivity index (χ2n) is 8.33. The number of nitrogens with zero attached hydrogens (tertiary/aromatic N) is 2. The van der Waals surface area contributed by atoms with E-state index in [0.717, 1.165) is 17.2 Å². The highest BCUT2D eigenvalue weighted by molar-refractivity contribution is 7.18. The van der Waals surface area contributed by atoms with E-state index < -0.39 is 17.7 Å². The van der Waals surface area contributed by atoms with Crippen LogP contribution >= 0.6 is 11.3 Å². The summed E-state index contributed by atoms with van der Waals surface area (Å²) in [6, 6.07) is 11.6. The zero-order valence-electron chi connectivity index (χ0n) is 18.1. The molecule has 0 amide bonds. The van der Waals surface area contributed by atoms with E-state index in [1.54, 1.807) is 19.9 Å². The average molecular weight is 477 g/mol. The Labute approximate surface area is 193 Å². The molecule has 2 aromatic carbocycles. The lowest BCUT2D eigenvalue weighted by Crippen LogP contribution is -2.49. The molecule has 5 nitrogen and oxygen atoms in total. The fourth-order valence-corrected chi connectivity index (χ4v) is 4.68. The lowest BCUT2D eigenvalue weighted by Gasteiger charge is -2.36. The normalized spacial score (nSPS) is 15.0. The average Bonchev–Trinajstić information content (AvgIpc) is 3.19. The summed E-state index contributed by atoms with van der Waals surface area (Å²) in [5.74, 6) is -0.888. The first-order valence-electron chi connectivity index (χ1n) is 10.5. The highest BCUT2D eigenvalue weighted by Gasteiger charge is 2.35. The SMILES string of the molecule is CC(C)Oc1ccc(-c2cnc(-c3ccc(CN4CC(C(=O)O)C4)cc3)s2)c(C(F)(F)F)c1. The number of hydrogen-bond acceptors (Lipinski definition) is 5. The fraction of sp³-hybridized carbons (Fsp3) is 0.333. The molecule has 3 aromatic rings. The van der Waals surface area contributed by atoms with Crippen LogP contribution in [0, 0.1) is 5.92 Å². The maximum atomic E-state index is 13.7. The summed E-state index contributed by atoms with van der Waals surface area (Å²) in [7, 11) is 0. The van der Waals surface area contributed by atoms with Gasteiger partial charge in [-0.05, 0) is 37.6 Å². The lowest BCUT2D eigenvalue weighted by atomic mass is 9.99. The topological polar surface area (TPSA) is 62.7 Å². The number of thiazole rings is 1. The molecule has 1 aromatic heterocycles. The highest BCUT2D eigenvalue weighted by Crippen LogP contribution is 2.42. The number of alkyl halides is 3. The molecule has 0 spiro atoms. The summed E-state index contributed by atoms with van der Waals surface area (Å²) in [6.07, 6.45) is -3.28. The van der Waals surface area contributed by atoms with Crippen LogP contribution in [-0.4, -0.2) is 40.2 Å². The molecule has 2 heterocycles. The van der Waals surface area contributed by atoms with Gasteiger partial charge < -0.3 is 9.84 Å². The molecule has 33 heavy (non-hydrogen) atoms. The van der Waals surface area contributed by atoms with Crippen molar-refractivity contribution in [2.75, 3.05) is 13.1 Å². The van der Waals surface area contributed by atoms with Crippen LogP contribution in [0.5, 0.6) is 5.75 Å². The van der Waals surface area contributed by atoms with Gasteiger partial charge in [-0.2, -0.15) is 13.2 Å². The molecule has 1 aliphatic rings. The smallest absolute Gasteiger partial charge is 0.417 e. The van der Waals surface area contributed by atoms with Crippen molar-refractivity contribution in [3.05, 3.63) is 59.8 Å². The summed E-state index contributed by atoms with van der Waals surface area (Å²) >= 11 is 1.20. The quantitative estimate of drug-likeness (QED) is 0.467. The van der Waals surface area contributed by atoms with Crippen molar-refractivity contribution in [1.82, 2.24) is 9.88 Å². The number of halogens is 3. The summed E-state index contributed by atoms with van der Waals surface area (Å²) in [4.78, 5) is 17.8. The minimum Gasteiger partial charge on any atom is -0.491 e. The molecule has 0 unspecified atom stereocenters. The monoisotopic (exact) mass is 476 g/mol. The van der Waals surface area contributed by atoms with Gasteiger partial charge in [-0.1, -0.05) is 24.3 Å². The molecule has 1 fully saturated rings. The number of aromatic nitrogens is 1. The maximum absolute atomic E-state index is 13.7. The van der Waals surface area contributed by atoms with E-state index >= 15 is 0 Å². The standard InChI is InChI=1S/C24H23F3N2O3S/c1-14(2)32-18-7-8-19(20(9-18)24(25,26)27)21-10-28-22(33-21)16-5-3-15(4-6-16)11-29-12-17(13-29)23(30)31/h3-10,14,17H,11-13H2,1-2H3,(H,30,31). The van der Waals surface area contributed by atoms with Gasteiger partial charge in [-0.3, -0.25) is 9.69 Å². The summed E-state index contributed by atoms with van der Waals surface area (Å²) < 4.78 is 46.6. The van der Waals surface area contributed by atoms with Crippen molar-refractivity contribution in [2.24, 2.45) is 5.92 Å². The molecule has 9 heteroatoms. The summed E-state index contributed by atoms with van der Waals surface area (Å²) in [5.41, 5.74) is 1.18. The van der Waals surface area contributed by atoms with E-state index in [2.05, 4.69) is 9.88 Å². The van der Waals surface area contributed by atoms with Crippen molar-refractivity contribution in [1.29, 1.82) is 0 Å². The van der Waals surface area contributed by atoms with E-state index in [4.69, 9.17) is 9.84 Å². The lowest BCUT2D eigenvalue weighted by molar-refractivity contribution is -0.147. The van der Waals surface area contributed by atoms with Crippen LogP contribution in [0.25, 0.3) is 21.0 Å². The number of likely N-dealkylation sites (tertiary alicyclic amines) is 1.